The second-order valence-corrected chi connectivity index (χ2v) is 4.64. The molecule has 0 aliphatic heterocycles. The molecular weight excluding hydrogens is 252 g/mol. The van der Waals surface area contributed by atoms with E-state index in [1.165, 1.54) is 12.7 Å². The molecule has 3 N–H and O–H groups in total. The van der Waals surface area contributed by atoms with E-state index in [9.17, 15) is 4.79 Å². The van der Waals surface area contributed by atoms with Crippen molar-refractivity contribution in [3.05, 3.63) is 59.2 Å². The second kappa shape index (κ2) is 6.10. The highest BCUT2D eigenvalue weighted by atomic mass is 16.5. The van der Waals surface area contributed by atoms with Crippen LogP contribution in [0.2, 0.25) is 0 Å². The average molecular weight is 270 g/mol. The molecule has 0 amide bonds. The lowest BCUT2D eigenvalue weighted by Crippen LogP contribution is -2.06. The highest BCUT2D eigenvalue weighted by molar-refractivity contribution is 5.91. The number of benzene rings is 2. The Labute approximate surface area is 118 Å². The lowest BCUT2D eigenvalue weighted by atomic mass is 10.1. The minimum absolute atomic E-state index is 0.372. The van der Waals surface area contributed by atoms with E-state index in [0.717, 1.165) is 11.3 Å². The molecule has 2 rings (SSSR count). The smallest absolute Gasteiger partial charge is 0.337 e. The zero-order valence-corrected chi connectivity index (χ0v) is 11.6. The summed E-state index contributed by atoms with van der Waals surface area (Å²) in [6.45, 7) is 2.70. The van der Waals surface area contributed by atoms with Gasteiger partial charge in [0.1, 0.15) is 0 Å². The van der Waals surface area contributed by atoms with Gasteiger partial charge in [-0.3, -0.25) is 0 Å². The Morgan fingerprint density at radius 3 is 2.75 bits per heavy atom. The fourth-order valence-corrected chi connectivity index (χ4v) is 1.97. The normalized spacial score (nSPS) is 10.1. The maximum Gasteiger partial charge on any atom is 0.337 e. The van der Waals surface area contributed by atoms with Crippen LogP contribution >= 0.6 is 0 Å². The first-order valence-corrected chi connectivity index (χ1v) is 6.37. The highest BCUT2D eigenvalue weighted by Crippen LogP contribution is 2.21. The second-order valence-electron chi connectivity index (χ2n) is 4.64. The van der Waals surface area contributed by atoms with Crippen LogP contribution in [0.15, 0.2) is 42.5 Å². The van der Waals surface area contributed by atoms with Gasteiger partial charge in [-0.25, -0.2) is 4.79 Å². The van der Waals surface area contributed by atoms with E-state index in [1.807, 2.05) is 12.1 Å². The van der Waals surface area contributed by atoms with E-state index < -0.39 is 0 Å². The van der Waals surface area contributed by atoms with Crippen molar-refractivity contribution in [1.82, 2.24) is 0 Å². The first-order valence-electron chi connectivity index (χ1n) is 6.37. The van der Waals surface area contributed by atoms with Gasteiger partial charge in [0.15, 0.2) is 0 Å². The molecule has 0 bridgehead atoms. The van der Waals surface area contributed by atoms with Crippen molar-refractivity contribution in [2.75, 3.05) is 18.2 Å². The summed E-state index contributed by atoms with van der Waals surface area (Å²) in [6.07, 6.45) is 0. The summed E-state index contributed by atoms with van der Waals surface area (Å²) >= 11 is 0. The van der Waals surface area contributed by atoms with E-state index >= 15 is 0 Å². The number of nitrogen functional groups attached to an aromatic ring is 1. The molecule has 0 unspecified atom stereocenters. The maximum atomic E-state index is 11.5. The fraction of sp³-hybridized carbons (Fsp3) is 0.188. The van der Waals surface area contributed by atoms with E-state index in [0.29, 0.717) is 17.8 Å². The number of hydrogen-bond acceptors (Lipinski definition) is 4. The van der Waals surface area contributed by atoms with Crippen molar-refractivity contribution in [3.63, 3.8) is 0 Å². The van der Waals surface area contributed by atoms with Gasteiger partial charge in [0.05, 0.1) is 24.0 Å². The Bertz CT molecular complexity index is 624. The van der Waals surface area contributed by atoms with Crippen molar-refractivity contribution in [2.24, 2.45) is 0 Å². The van der Waals surface area contributed by atoms with Crippen LogP contribution < -0.4 is 11.1 Å². The van der Waals surface area contributed by atoms with Gasteiger partial charge in [-0.1, -0.05) is 29.8 Å². The van der Waals surface area contributed by atoms with E-state index in [1.54, 1.807) is 18.2 Å². The summed E-state index contributed by atoms with van der Waals surface area (Å²) in [5, 5.41) is 3.24. The van der Waals surface area contributed by atoms with E-state index in [2.05, 4.69) is 24.4 Å². The van der Waals surface area contributed by atoms with Gasteiger partial charge in [-0.05, 0) is 30.7 Å². The zero-order chi connectivity index (χ0) is 14.5. The molecule has 0 atom stereocenters. The molecule has 0 aliphatic rings. The number of ether oxygens (including phenoxy) is 1. The molecule has 0 saturated carbocycles. The first kappa shape index (κ1) is 13.9. The number of hydrogen-bond donors (Lipinski definition) is 2. The van der Waals surface area contributed by atoms with E-state index in [4.69, 9.17) is 10.5 Å². The molecule has 4 heteroatoms. The average Bonchev–Trinajstić information content (AvgIpc) is 2.45. The Morgan fingerprint density at radius 1 is 1.25 bits per heavy atom. The summed E-state index contributed by atoms with van der Waals surface area (Å²) in [4.78, 5) is 11.5. The molecule has 0 spiro atoms. The van der Waals surface area contributed by atoms with Gasteiger partial charge >= 0.3 is 5.97 Å². The third kappa shape index (κ3) is 3.29. The SMILES string of the molecule is COC(=O)c1ccc(N)c(NCc2cccc(C)c2)c1. The van der Waals surface area contributed by atoms with Crippen LogP contribution in [-0.2, 0) is 11.3 Å². The van der Waals surface area contributed by atoms with Crippen LogP contribution in [0.5, 0.6) is 0 Å². The molecular formula is C16H18N2O2. The largest absolute Gasteiger partial charge is 0.465 e. The number of esters is 1. The summed E-state index contributed by atoms with van der Waals surface area (Å²) in [7, 11) is 1.36. The summed E-state index contributed by atoms with van der Waals surface area (Å²) in [5.74, 6) is -0.372. The van der Waals surface area contributed by atoms with Crippen molar-refractivity contribution in [2.45, 2.75) is 13.5 Å². The van der Waals surface area contributed by atoms with Crippen molar-refractivity contribution < 1.29 is 9.53 Å². The van der Waals surface area contributed by atoms with Gasteiger partial charge in [0.2, 0.25) is 0 Å². The molecule has 0 aliphatic carbocycles. The van der Waals surface area contributed by atoms with Crippen molar-refractivity contribution in [3.8, 4) is 0 Å². The predicted octanol–water partition coefficient (Wildman–Crippen LogP) is 2.98. The number of nitrogens with two attached hydrogens (primary N) is 1. The van der Waals surface area contributed by atoms with Crippen LogP contribution in [0.3, 0.4) is 0 Å². The van der Waals surface area contributed by atoms with Crippen molar-refractivity contribution >= 4 is 17.3 Å². The summed E-state index contributed by atoms with van der Waals surface area (Å²) in [6, 6.07) is 13.3. The molecule has 0 heterocycles. The van der Waals surface area contributed by atoms with Gasteiger partial charge in [-0.2, -0.15) is 0 Å². The van der Waals surface area contributed by atoms with Gasteiger partial charge in [0, 0.05) is 6.54 Å². The lowest BCUT2D eigenvalue weighted by molar-refractivity contribution is 0.0601. The fourth-order valence-electron chi connectivity index (χ4n) is 1.97. The first-order chi connectivity index (χ1) is 9.60. The van der Waals surface area contributed by atoms with E-state index in [-0.39, 0.29) is 5.97 Å². The third-order valence-electron chi connectivity index (χ3n) is 3.04. The number of aryl methyl sites for hydroxylation is 1. The Morgan fingerprint density at radius 2 is 2.05 bits per heavy atom. The van der Waals surface area contributed by atoms with Crippen LogP contribution in [0.1, 0.15) is 21.5 Å². The van der Waals surface area contributed by atoms with Crippen LogP contribution in [-0.4, -0.2) is 13.1 Å². The molecule has 20 heavy (non-hydrogen) atoms. The molecule has 0 radical (unpaired) electrons. The lowest BCUT2D eigenvalue weighted by Gasteiger charge is -2.11. The monoisotopic (exact) mass is 270 g/mol. The molecule has 4 nitrogen and oxygen atoms in total. The Balaban J connectivity index is 2.14. The minimum atomic E-state index is -0.372. The summed E-state index contributed by atoms with van der Waals surface area (Å²) < 4.78 is 4.70. The molecule has 2 aromatic rings. The van der Waals surface area contributed by atoms with Gasteiger partial charge in [-0.15, -0.1) is 0 Å². The number of carbonyl (C=O) groups is 1. The number of rotatable bonds is 4. The van der Waals surface area contributed by atoms with Gasteiger partial charge in [0.25, 0.3) is 0 Å². The maximum absolute atomic E-state index is 11.5. The summed E-state index contributed by atoms with van der Waals surface area (Å²) in [5.41, 5.74) is 10.1. The Hall–Kier alpha value is -2.49. The van der Waals surface area contributed by atoms with Crippen molar-refractivity contribution in [1.29, 1.82) is 0 Å². The Kier molecular flexibility index (Phi) is 4.25. The third-order valence-corrected chi connectivity index (χ3v) is 3.04. The van der Waals surface area contributed by atoms with Gasteiger partial charge < -0.3 is 15.8 Å². The highest BCUT2D eigenvalue weighted by Gasteiger charge is 2.08. The molecule has 0 aromatic heterocycles. The standard InChI is InChI=1S/C16H18N2O2/c1-11-4-3-5-12(8-11)10-18-15-9-13(16(19)20-2)6-7-14(15)17/h3-9,18H,10,17H2,1-2H3. The zero-order valence-electron chi connectivity index (χ0n) is 11.6. The van der Waals surface area contributed by atoms with Crippen LogP contribution in [0.4, 0.5) is 11.4 Å². The topological polar surface area (TPSA) is 64.3 Å². The quantitative estimate of drug-likeness (QED) is 0.662. The minimum Gasteiger partial charge on any atom is -0.465 e. The van der Waals surface area contributed by atoms with Crippen LogP contribution in [0, 0.1) is 6.92 Å². The van der Waals surface area contributed by atoms with Crippen LogP contribution in [0.25, 0.3) is 0 Å². The number of anilines is 2. The molecule has 2 aromatic carbocycles. The molecule has 0 fully saturated rings. The number of nitrogens with one attached hydrogen (secondary N) is 1. The molecule has 0 saturated heterocycles. The number of methoxy groups -OCH3 is 1. The predicted molar refractivity (Wildman–Crippen MR) is 80.7 cm³/mol. The number of carbonyl (C=O) groups excluding carboxylic acids is 1. The molecule has 104 valence electrons.